The lowest BCUT2D eigenvalue weighted by Crippen LogP contribution is -2.04. The minimum Gasteiger partial charge on any atom is -0.439 e. The first-order chi connectivity index (χ1) is 14.3. The van der Waals surface area contributed by atoms with Gasteiger partial charge in [-0.2, -0.15) is 0 Å². The van der Waals surface area contributed by atoms with E-state index in [9.17, 15) is 0 Å². The molecule has 0 amide bonds. The summed E-state index contributed by atoms with van der Waals surface area (Å²) in [6.07, 6.45) is 1.89. The second-order valence-electron chi connectivity index (χ2n) is 5.40. The molecule has 146 valence electrons. The van der Waals surface area contributed by atoms with Crippen molar-refractivity contribution in [2.45, 2.75) is 4.90 Å². The molecule has 0 atom stereocenters. The fourth-order valence-electron chi connectivity index (χ4n) is 2.07. The van der Waals surface area contributed by atoms with E-state index < -0.39 is 0 Å². The Morgan fingerprint density at radius 3 is 1.86 bits per heavy atom. The Morgan fingerprint density at radius 1 is 0.759 bits per heavy atom. The van der Waals surface area contributed by atoms with Gasteiger partial charge in [-0.15, -0.1) is 11.8 Å². The molecule has 0 unspecified atom stereocenters. The molecule has 0 spiro atoms. The highest BCUT2D eigenvalue weighted by molar-refractivity contribution is 8.04. The molecule has 0 saturated carbocycles. The van der Waals surface area contributed by atoms with Gasteiger partial charge in [-0.25, -0.2) is 4.99 Å². The molecule has 0 aliphatic rings. The van der Waals surface area contributed by atoms with Gasteiger partial charge in [0.1, 0.15) is 5.75 Å². The highest BCUT2D eigenvalue weighted by Crippen LogP contribution is 2.19. The summed E-state index contributed by atoms with van der Waals surface area (Å²) in [5.74, 6) is 1.32. The van der Waals surface area contributed by atoms with Crippen LogP contribution in [0.3, 0.4) is 0 Å². The minimum atomic E-state index is 0.552. The number of thioether (sulfide) groups is 2. The van der Waals surface area contributed by atoms with E-state index in [4.69, 9.17) is 4.74 Å². The molecule has 29 heavy (non-hydrogen) atoms. The van der Waals surface area contributed by atoms with Crippen LogP contribution in [0.15, 0.2) is 136 Å². The van der Waals surface area contributed by atoms with Crippen molar-refractivity contribution in [1.82, 2.24) is 0 Å². The normalized spacial score (nSPS) is 10.7. The van der Waals surface area contributed by atoms with Crippen LogP contribution < -0.4 is 4.74 Å². The van der Waals surface area contributed by atoms with Gasteiger partial charge >= 0.3 is 0 Å². The van der Waals surface area contributed by atoms with Crippen molar-refractivity contribution in [2.75, 3.05) is 0 Å². The van der Waals surface area contributed by atoms with Gasteiger partial charge in [0.2, 0.25) is 5.90 Å². The molecule has 3 aromatic carbocycles. The Balaban J connectivity index is 0.000000537. The summed E-state index contributed by atoms with van der Waals surface area (Å²) in [6, 6.07) is 29.7. The highest BCUT2D eigenvalue weighted by Gasteiger charge is 2.00. The summed E-state index contributed by atoms with van der Waals surface area (Å²) >= 11 is 3.12. The molecule has 0 saturated heterocycles. The Kier molecular flexibility index (Phi) is 10.9. The molecule has 0 heterocycles. The average Bonchev–Trinajstić information content (AvgIpc) is 2.77. The zero-order valence-electron chi connectivity index (χ0n) is 16.1. The van der Waals surface area contributed by atoms with Crippen molar-refractivity contribution in [3.63, 3.8) is 0 Å². The van der Waals surface area contributed by atoms with Gasteiger partial charge in [0.25, 0.3) is 0 Å². The summed E-state index contributed by atoms with van der Waals surface area (Å²) in [7, 11) is 0. The highest BCUT2D eigenvalue weighted by atomic mass is 32.2. The molecule has 0 aliphatic heterocycles. The monoisotopic (exact) mass is 417 g/mol. The fourth-order valence-corrected chi connectivity index (χ4v) is 2.86. The molecular formula is C25H23NOS2. The predicted octanol–water partition coefficient (Wildman–Crippen LogP) is 8.11. The summed E-state index contributed by atoms with van der Waals surface area (Å²) in [4.78, 5) is 5.75. The SMILES string of the molecule is C(=C\C(=Nc1ccccc1)Oc1ccccc1)/Sc1ccccc1.C=CSC=C. The average molecular weight is 418 g/mol. The van der Waals surface area contributed by atoms with Crippen LogP contribution in [-0.2, 0) is 0 Å². The van der Waals surface area contributed by atoms with Crippen LogP contribution >= 0.6 is 23.5 Å². The van der Waals surface area contributed by atoms with E-state index in [0.29, 0.717) is 5.90 Å². The van der Waals surface area contributed by atoms with Gasteiger partial charge < -0.3 is 4.74 Å². The zero-order chi connectivity index (χ0) is 20.6. The molecule has 0 fully saturated rings. The van der Waals surface area contributed by atoms with E-state index in [2.05, 4.69) is 30.3 Å². The maximum atomic E-state index is 5.91. The number of nitrogens with zero attached hydrogens (tertiary/aromatic N) is 1. The predicted molar refractivity (Wildman–Crippen MR) is 130 cm³/mol. The van der Waals surface area contributed by atoms with Crippen molar-refractivity contribution in [1.29, 1.82) is 0 Å². The van der Waals surface area contributed by atoms with Gasteiger partial charge in [0.05, 0.1) is 5.69 Å². The third-order valence-electron chi connectivity index (χ3n) is 3.31. The van der Waals surface area contributed by atoms with E-state index in [0.717, 1.165) is 11.4 Å². The van der Waals surface area contributed by atoms with E-state index >= 15 is 0 Å². The molecule has 0 bridgehead atoms. The maximum Gasteiger partial charge on any atom is 0.220 e. The first kappa shape index (κ1) is 22.3. The first-order valence-corrected chi connectivity index (χ1v) is 10.8. The largest absolute Gasteiger partial charge is 0.439 e. The maximum absolute atomic E-state index is 5.91. The number of rotatable bonds is 7. The number of para-hydroxylation sites is 2. The number of aliphatic imine (C=N–C) groups is 1. The summed E-state index contributed by atoms with van der Waals surface area (Å²) in [5.41, 5.74) is 0.859. The summed E-state index contributed by atoms with van der Waals surface area (Å²) in [6.45, 7) is 6.88. The number of hydrogen-bond donors (Lipinski definition) is 0. The van der Waals surface area contributed by atoms with Crippen LogP contribution in [0.4, 0.5) is 5.69 Å². The summed E-state index contributed by atoms with van der Waals surface area (Å²) in [5, 5.41) is 5.44. The zero-order valence-corrected chi connectivity index (χ0v) is 17.7. The Hall–Kier alpha value is -2.95. The lowest BCUT2D eigenvalue weighted by molar-refractivity contribution is 0.556. The lowest BCUT2D eigenvalue weighted by Gasteiger charge is -2.05. The van der Waals surface area contributed by atoms with Gasteiger partial charge in [-0.3, -0.25) is 0 Å². The van der Waals surface area contributed by atoms with Gasteiger partial charge in [-0.05, 0) is 52.6 Å². The van der Waals surface area contributed by atoms with Gasteiger partial charge in [0, 0.05) is 11.0 Å². The Morgan fingerprint density at radius 2 is 1.31 bits per heavy atom. The van der Waals surface area contributed by atoms with Crippen LogP contribution in [-0.4, -0.2) is 5.90 Å². The molecular weight excluding hydrogens is 394 g/mol. The molecule has 3 aromatic rings. The molecule has 0 aromatic heterocycles. The lowest BCUT2D eigenvalue weighted by atomic mass is 10.3. The van der Waals surface area contributed by atoms with Crippen molar-refractivity contribution in [2.24, 2.45) is 4.99 Å². The quantitative estimate of drug-likeness (QED) is 0.220. The third-order valence-corrected chi connectivity index (χ3v) is 4.51. The van der Waals surface area contributed by atoms with Gasteiger partial charge in [0.15, 0.2) is 0 Å². The van der Waals surface area contributed by atoms with Crippen LogP contribution in [0.25, 0.3) is 0 Å². The molecule has 2 nitrogen and oxygen atoms in total. The van der Waals surface area contributed by atoms with E-state index in [1.54, 1.807) is 22.6 Å². The second-order valence-corrected chi connectivity index (χ2v) is 7.32. The van der Waals surface area contributed by atoms with Crippen molar-refractivity contribution in [3.8, 4) is 5.75 Å². The second kappa shape index (κ2) is 14.1. The van der Waals surface area contributed by atoms with Crippen LogP contribution in [0, 0.1) is 0 Å². The third kappa shape index (κ3) is 9.70. The van der Waals surface area contributed by atoms with Crippen LogP contribution in [0.5, 0.6) is 5.75 Å². The molecule has 4 heteroatoms. The summed E-state index contributed by atoms with van der Waals surface area (Å²) < 4.78 is 5.91. The fraction of sp³-hybridized carbons (Fsp3) is 0. The molecule has 0 aliphatic carbocycles. The van der Waals surface area contributed by atoms with E-state index in [1.807, 2.05) is 90.3 Å². The minimum absolute atomic E-state index is 0.552. The number of hydrogen-bond acceptors (Lipinski definition) is 4. The number of benzene rings is 3. The smallest absolute Gasteiger partial charge is 0.220 e. The van der Waals surface area contributed by atoms with E-state index in [1.165, 1.54) is 16.7 Å². The molecule has 3 rings (SSSR count). The number of ether oxygens (including phenoxy) is 1. The first-order valence-electron chi connectivity index (χ1n) is 8.94. The topological polar surface area (TPSA) is 21.6 Å². The van der Waals surface area contributed by atoms with Crippen molar-refractivity contribution >= 4 is 35.1 Å². The Labute approximate surface area is 181 Å². The van der Waals surface area contributed by atoms with Crippen molar-refractivity contribution < 1.29 is 4.74 Å². The van der Waals surface area contributed by atoms with Crippen LogP contribution in [0.1, 0.15) is 0 Å². The standard InChI is InChI=1S/C21H17NOS.C4H6S/c1-4-10-18(11-5-1)22-21(23-19-12-6-2-7-13-19)16-17-24-20-14-8-3-9-15-20;1-3-5-4-2/h1-17H;3-4H,1-2H2/b17-16+,22-21?;. The van der Waals surface area contributed by atoms with E-state index in [-0.39, 0.29) is 0 Å². The van der Waals surface area contributed by atoms with Crippen molar-refractivity contribution in [3.05, 3.63) is 126 Å². The molecule has 0 N–H and O–H groups in total. The Bertz CT molecular complexity index is 901. The molecule has 0 radical (unpaired) electrons. The van der Waals surface area contributed by atoms with Gasteiger partial charge in [-0.1, -0.05) is 79.5 Å². The van der Waals surface area contributed by atoms with Crippen LogP contribution in [0.2, 0.25) is 0 Å².